The van der Waals surface area contributed by atoms with Crippen LogP contribution in [0, 0.1) is 0 Å². The summed E-state index contributed by atoms with van der Waals surface area (Å²) in [5, 5.41) is 10.2. The number of methoxy groups -OCH3 is 1. The van der Waals surface area contributed by atoms with Gasteiger partial charge in [-0.05, 0) is 63.4 Å². The number of likely N-dealkylation sites (tertiary alicyclic amines) is 2. The lowest BCUT2D eigenvalue weighted by atomic mass is 10.1. The fourth-order valence-corrected chi connectivity index (χ4v) is 4.16. The summed E-state index contributed by atoms with van der Waals surface area (Å²) in [5.74, 6) is 1.43. The molecule has 0 aromatic heterocycles. The minimum atomic E-state index is -0.478. The second-order valence-electron chi connectivity index (χ2n) is 7.89. The highest BCUT2D eigenvalue weighted by atomic mass is 16.5. The molecule has 1 N–H and O–H groups in total. The summed E-state index contributed by atoms with van der Waals surface area (Å²) in [5.41, 5.74) is 1.22. The number of aliphatic hydroxyl groups excluding tert-OH is 1. The summed E-state index contributed by atoms with van der Waals surface area (Å²) in [6.45, 7) is 9.03. The topological polar surface area (TPSA) is 54.4 Å². The van der Waals surface area contributed by atoms with Crippen LogP contribution in [-0.2, 0) is 11.3 Å². The minimum absolute atomic E-state index is 0.289. The number of aliphatic hydroxyl groups is 1. The molecular formula is C22H36N2O4. The number of hydrogen-bond acceptors (Lipinski definition) is 6. The molecule has 0 amide bonds. The maximum absolute atomic E-state index is 10.2. The standard InChI is InChI=1S/C22H36N2O4/c1-3-27-20-8-12-24(13-9-20)15-18-6-7-21(22(14-18)26-2)28-17-19(25)16-23-10-4-5-11-23/h6-7,14,19-20,25H,3-5,8-13,15-17H2,1-2H3. The molecular weight excluding hydrogens is 356 g/mol. The molecule has 0 spiro atoms. The van der Waals surface area contributed by atoms with Crippen LogP contribution in [0.1, 0.15) is 38.2 Å². The predicted molar refractivity (Wildman–Crippen MR) is 110 cm³/mol. The highest BCUT2D eigenvalue weighted by Crippen LogP contribution is 2.29. The van der Waals surface area contributed by atoms with Gasteiger partial charge in [-0.1, -0.05) is 6.07 Å². The first-order chi connectivity index (χ1) is 13.7. The van der Waals surface area contributed by atoms with Crippen molar-refractivity contribution < 1.29 is 19.3 Å². The van der Waals surface area contributed by atoms with Crippen molar-refractivity contribution in [3.63, 3.8) is 0 Å². The smallest absolute Gasteiger partial charge is 0.161 e. The Morgan fingerprint density at radius 2 is 1.82 bits per heavy atom. The van der Waals surface area contributed by atoms with Crippen molar-refractivity contribution in [3.05, 3.63) is 23.8 Å². The number of ether oxygens (including phenoxy) is 3. The Morgan fingerprint density at radius 1 is 1.07 bits per heavy atom. The van der Waals surface area contributed by atoms with Crippen LogP contribution in [0.25, 0.3) is 0 Å². The average Bonchev–Trinajstić information content (AvgIpc) is 3.21. The van der Waals surface area contributed by atoms with Gasteiger partial charge in [-0.2, -0.15) is 0 Å². The number of piperidine rings is 1. The molecule has 3 rings (SSSR count). The van der Waals surface area contributed by atoms with Crippen LogP contribution in [0.2, 0.25) is 0 Å². The van der Waals surface area contributed by atoms with Crippen molar-refractivity contribution in [1.82, 2.24) is 9.80 Å². The summed E-state index contributed by atoms with van der Waals surface area (Å²) in [4.78, 5) is 4.76. The van der Waals surface area contributed by atoms with Gasteiger partial charge in [-0.15, -0.1) is 0 Å². The molecule has 0 aliphatic carbocycles. The van der Waals surface area contributed by atoms with E-state index >= 15 is 0 Å². The second-order valence-corrected chi connectivity index (χ2v) is 7.89. The first kappa shape index (κ1) is 21.4. The summed E-state index contributed by atoms with van der Waals surface area (Å²) in [7, 11) is 1.67. The normalized spacial score (nSPS) is 20.4. The Kier molecular flexibility index (Phi) is 8.40. The van der Waals surface area contributed by atoms with Crippen molar-refractivity contribution in [2.75, 3.05) is 53.0 Å². The number of benzene rings is 1. The Labute approximate surface area is 169 Å². The molecule has 2 heterocycles. The molecule has 1 atom stereocenters. The van der Waals surface area contributed by atoms with Crippen LogP contribution in [0.4, 0.5) is 0 Å². The van der Waals surface area contributed by atoms with E-state index in [1.807, 2.05) is 6.07 Å². The van der Waals surface area contributed by atoms with Crippen LogP contribution in [0.5, 0.6) is 11.5 Å². The van der Waals surface area contributed by atoms with Gasteiger partial charge >= 0.3 is 0 Å². The van der Waals surface area contributed by atoms with Crippen molar-refractivity contribution in [2.24, 2.45) is 0 Å². The highest BCUT2D eigenvalue weighted by molar-refractivity contribution is 5.43. The molecule has 0 bridgehead atoms. The van der Waals surface area contributed by atoms with E-state index in [0.717, 1.165) is 57.9 Å². The SMILES string of the molecule is CCOC1CCN(Cc2ccc(OCC(O)CN3CCCC3)c(OC)c2)CC1. The molecule has 2 aliphatic heterocycles. The van der Waals surface area contributed by atoms with E-state index in [2.05, 4.69) is 28.9 Å². The molecule has 28 heavy (non-hydrogen) atoms. The van der Waals surface area contributed by atoms with E-state index < -0.39 is 6.10 Å². The monoisotopic (exact) mass is 392 g/mol. The van der Waals surface area contributed by atoms with E-state index in [4.69, 9.17) is 14.2 Å². The Morgan fingerprint density at radius 3 is 2.50 bits per heavy atom. The van der Waals surface area contributed by atoms with E-state index in [9.17, 15) is 5.11 Å². The molecule has 2 fully saturated rings. The van der Waals surface area contributed by atoms with E-state index in [1.54, 1.807) is 7.11 Å². The Balaban J connectivity index is 1.48. The summed E-state index contributed by atoms with van der Waals surface area (Å²) in [6.07, 6.45) is 4.59. The van der Waals surface area contributed by atoms with Crippen LogP contribution in [-0.4, -0.2) is 80.2 Å². The Bertz CT molecular complexity index is 584. The number of nitrogens with zero attached hydrogens (tertiary/aromatic N) is 2. The molecule has 6 nitrogen and oxygen atoms in total. The maximum Gasteiger partial charge on any atom is 0.161 e. The third-order valence-corrected chi connectivity index (χ3v) is 5.67. The zero-order valence-electron chi connectivity index (χ0n) is 17.4. The zero-order chi connectivity index (χ0) is 19.8. The fraction of sp³-hybridized carbons (Fsp3) is 0.727. The molecule has 0 saturated carbocycles. The van der Waals surface area contributed by atoms with Gasteiger partial charge in [-0.25, -0.2) is 0 Å². The lowest BCUT2D eigenvalue weighted by Gasteiger charge is -2.31. The first-order valence-corrected chi connectivity index (χ1v) is 10.7. The quantitative estimate of drug-likeness (QED) is 0.660. The fourth-order valence-electron chi connectivity index (χ4n) is 4.16. The van der Waals surface area contributed by atoms with Gasteiger partial charge in [0.25, 0.3) is 0 Å². The van der Waals surface area contributed by atoms with E-state index in [1.165, 1.54) is 18.4 Å². The zero-order valence-corrected chi connectivity index (χ0v) is 17.4. The van der Waals surface area contributed by atoms with Gasteiger partial charge in [0.1, 0.15) is 12.7 Å². The van der Waals surface area contributed by atoms with Crippen molar-refractivity contribution >= 4 is 0 Å². The van der Waals surface area contributed by atoms with Crippen molar-refractivity contribution in [2.45, 2.75) is 51.4 Å². The highest BCUT2D eigenvalue weighted by Gasteiger charge is 2.20. The minimum Gasteiger partial charge on any atom is -0.493 e. The van der Waals surface area contributed by atoms with Crippen LogP contribution >= 0.6 is 0 Å². The molecule has 2 saturated heterocycles. The summed E-state index contributed by atoms with van der Waals surface area (Å²) < 4.78 is 17.1. The van der Waals surface area contributed by atoms with Crippen LogP contribution in [0.15, 0.2) is 18.2 Å². The van der Waals surface area contributed by atoms with Gasteiger partial charge in [0.15, 0.2) is 11.5 Å². The summed E-state index contributed by atoms with van der Waals surface area (Å²) >= 11 is 0. The molecule has 1 unspecified atom stereocenters. The molecule has 1 aromatic rings. The van der Waals surface area contributed by atoms with Gasteiger partial charge in [-0.3, -0.25) is 4.90 Å². The predicted octanol–water partition coefficient (Wildman–Crippen LogP) is 2.53. The lowest BCUT2D eigenvalue weighted by Crippen LogP contribution is -2.36. The molecule has 1 aromatic carbocycles. The van der Waals surface area contributed by atoms with E-state index in [0.29, 0.717) is 18.4 Å². The van der Waals surface area contributed by atoms with Gasteiger partial charge in [0, 0.05) is 32.8 Å². The number of rotatable bonds is 10. The van der Waals surface area contributed by atoms with Crippen LogP contribution < -0.4 is 9.47 Å². The first-order valence-electron chi connectivity index (χ1n) is 10.7. The van der Waals surface area contributed by atoms with Crippen molar-refractivity contribution in [3.8, 4) is 11.5 Å². The second kappa shape index (κ2) is 11.0. The third-order valence-electron chi connectivity index (χ3n) is 5.67. The van der Waals surface area contributed by atoms with Gasteiger partial charge < -0.3 is 24.2 Å². The molecule has 158 valence electrons. The summed E-state index contributed by atoms with van der Waals surface area (Å²) in [6, 6.07) is 6.11. The number of hydrogen-bond donors (Lipinski definition) is 1. The molecule has 2 aliphatic rings. The van der Waals surface area contributed by atoms with Gasteiger partial charge in [0.2, 0.25) is 0 Å². The maximum atomic E-state index is 10.2. The molecule has 0 radical (unpaired) electrons. The largest absolute Gasteiger partial charge is 0.493 e. The van der Waals surface area contributed by atoms with Crippen LogP contribution in [0.3, 0.4) is 0 Å². The third kappa shape index (κ3) is 6.34. The average molecular weight is 393 g/mol. The van der Waals surface area contributed by atoms with Crippen molar-refractivity contribution in [1.29, 1.82) is 0 Å². The molecule has 6 heteroatoms. The van der Waals surface area contributed by atoms with E-state index in [-0.39, 0.29) is 6.61 Å². The Hall–Kier alpha value is -1.34. The van der Waals surface area contributed by atoms with Gasteiger partial charge in [0.05, 0.1) is 13.2 Å². The lowest BCUT2D eigenvalue weighted by molar-refractivity contribution is 0.0125. The number of β-amino-alcohol motifs (C(OH)–C–C–N with tert-alkyl or cyclic N) is 1.